The van der Waals surface area contributed by atoms with Crippen molar-refractivity contribution in [2.24, 2.45) is 0 Å². The molecule has 0 spiro atoms. The third-order valence-electron chi connectivity index (χ3n) is 2.46. The quantitative estimate of drug-likeness (QED) is 0.818. The molecule has 1 aromatic heterocycles. The van der Waals surface area contributed by atoms with Gasteiger partial charge < -0.3 is 4.90 Å². The molecule has 2 aromatic rings. The van der Waals surface area contributed by atoms with Crippen molar-refractivity contribution in [2.75, 3.05) is 14.1 Å². The van der Waals surface area contributed by atoms with Crippen molar-refractivity contribution in [1.82, 2.24) is 9.88 Å². The van der Waals surface area contributed by atoms with Crippen molar-refractivity contribution in [1.29, 1.82) is 0 Å². The normalized spacial score (nSPS) is 10.3. The van der Waals surface area contributed by atoms with Crippen molar-refractivity contribution < 1.29 is 9.59 Å². The minimum Gasteiger partial charge on any atom is -0.344 e. The summed E-state index contributed by atoms with van der Waals surface area (Å²) in [4.78, 5) is 28.9. The Labute approximate surface area is 119 Å². The van der Waals surface area contributed by atoms with E-state index in [1.807, 2.05) is 0 Å². The standard InChI is InChI=1S/C13H11ClN2O2S/c1-16(2)13(18)11-10(7-17)15-12(19-11)8-3-5-9(14)6-4-8/h3-7H,1-2H3. The lowest BCUT2D eigenvalue weighted by atomic mass is 10.2. The minimum absolute atomic E-state index is 0.175. The van der Waals surface area contributed by atoms with Gasteiger partial charge in [-0.05, 0) is 12.1 Å². The molecule has 0 saturated heterocycles. The lowest BCUT2D eigenvalue weighted by molar-refractivity contribution is 0.0828. The number of aromatic nitrogens is 1. The van der Waals surface area contributed by atoms with Crippen molar-refractivity contribution in [3.63, 3.8) is 0 Å². The van der Waals surface area contributed by atoms with Crippen LogP contribution in [0.25, 0.3) is 10.6 Å². The van der Waals surface area contributed by atoms with Crippen LogP contribution in [0.5, 0.6) is 0 Å². The Morgan fingerprint density at radius 3 is 2.47 bits per heavy atom. The molecule has 1 amide bonds. The summed E-state index contributed by atoms with van der Waals surface area (Å²) in [7, 11) is 3.27. The van der Waals surface area contributed by atoms with Crippen molar-refractivity contribution >= 4 is 35.1 Å². The smallest absolute Gasteiger partial charge is 0.265 e. The third-order valence-corrected chi connectivity index (χ3v) is 3.82. The highest BCUT2D eigenvalue weighted by Crippen LogP contribution is 2.29. The number of rotatable bonds is 3. The Morgan fingerprint density at radius 2 is 1.95 bits per heavy atom. The lowest BCUT2D eigenvalue weighted by Gasteiger charge is -2.07. The molecule has 19 heavy (non-hydrogen) atoms. The maximum Gasteiger partial charge on any atom is 0.265 e. The van der Waals surface area contributed by atoms with E-state index < -0.39 is 0 Å². The number of amides is 1. The molecule has 0 fully saturated rings. The molecule has 0 bridgehead atoms. The Bertz CT molecular complexity index is 620. The average molecular weight is 295 g/mol. The summed E-state index contributed by atoms with van der Waals surface area (Å²) in [6.07, 6.45) is 0.604. The van der Waals surface area contributed by atoms with Gasteiger partial charge in [0.05, 0.1) is 0 Å². The molecule has 2 rings (SSSR count). The van der Waals surface area contributed by atoms with Crippen LogP contribution >= 0.6 is 22.9 Å². The Morgan fingerprint density at radius 1 is 1.32 bits per heavy atom. The molecule has 1 aromatic carbocycles. The molecule has 4 nitrogen and oxygen atoms in total. The second kappa shape index (κ2) is 5.50. The van der Waals surface area contributed by atoms with Gasteiger partial charge in [0, 0.05) is 24.7 Å². The van der Waals surface area contributed by atoms with Gasteiger partial charge in [-0.15, -0.1) is 11.3 Å². The Kier molecular flexibility index (Phi) is 3.97. The summed E-state index contributed by atoms with van der Waals surface area (Å²) in [5.41, 5.74) is 1.00. The zero-order valence-electron chi connectivity index (χ0n) is 10.4. The first kappa shape index (κ1) is 13.7. The molecule has 0 atom stereocenters. The summed E-state index contributed by atoms with van der Waals surface area (Å²) in [6, 6.07) is 7.10. The van der Waals surface area contributed by atoms with Crippen molar-refractivity contribution in [3.8, 4) is 10.6 Å². The van der Waals surface area contributed by atoms with E-state index in [4.69, 9.17) is 11.6 Å². The Hall–Kier alpha value is -1.72. The fourth-order valence-corrected chi connectivity index (χ4v) is 2.67. The second-order valence-corrected chi connectivity index (χ2v) is 5.49. The molecule has 0 saturated carbocycles. The van der Waals surface area contributed by atoms with E-state index in [0.29, 0.717) is 21.2 Å². The number of carbonyl (C=O) groups excluding carboxylic acids is 2. The van der Waals surface area contributed by atoms with Gasteiger partial charge in [0.1, 0.15) is 15.6 Å². The van der Waals surface area contributed by atoms with Gasteiger partial charge in [-0.1, -0.05) is 23.7 Å². The van der Waals surface area contributed by atoms with Gasteiger partial charge in [-0.25, -0.2) is 4.98 Å². The first-order chi connectivity index (χ1) is 9.02. The molecular formula is C13H11ClN2O2S. The predicted octanol–water partition coefficient (Wildman–Crippen LogP) is 2.98. The number of halogens is 1. The van der Waals surface area contributed by atoms with E-state index in [0.717, 1.165) is 5.56 Å². The molecular weight excluding hydrogens is 284 g/mol. The maximum atomic E-state index is 11.9. The van der Waals surface area contributed by atoms with Crippen LogP contribution in [0.2, 0.25) is 5.02 Å². The lowest BCUT2D eigenvalue weighted by Crippen LogP contribution is -2.21. The van der Waals surface area contributed by atoms with Crippen molar-refractivity contribution in [3.05, 3.63) is 39.9 Å². The van der Waals surface area contributed by atoms with Gasteiger partial charge in [-0.2, -0.15) is 0 Å². The van der Waals surface area contributed by atoms with Crippen LogP contribution in [0.3, 0.4) is 0 Å². The predicted molar refractivity (Wildman–Crippen MR) is 76.0 cm³/mol. The number of hydrogen-bond donors (Lipinski definition) is 0. The molecule has 0 radical (unpaired) electrons. The molecule has 98 valence electrons. The number of hydrogen-bond acceptors (Lipinski definition) is 4. The van der Waals surface area contributed by atoms with Crippen LogP contribution in [0.1, 0.15) is 20.2 Å². The van der Waals surface area contributed by atoms with Crippen molar-refractivity contribution in [2.45, 2.75) is 0 Å². The van der Waals surface area contributed by atoms with Crippen LogP contribution in [0.4, 0.5) is 0 Å². The van der Waals surface area contributed by atoms with Crippen LogP contribution in [-0.2, 0) is 0 Å². The first-order valence-corrected chi connectivity index (χ1v) is 6.66. The highest BCUT2D eigenvalue weighted by Gasteiger charge is 2.19. The van der Waals surface area contributed by atoms with E-state index in [2.05, 4.69) is 4.98 Å². The van der Waals surface area contributed by atoms with Crippen LogP contribution < -0.4 is 0 Å². The van der Waals surface area contributed by atoms with E-state index >= 15 is 0 Å². The minimum atomic E-state index is -0.222. The fraction of sp³-hybridized carbons (Fsp3) is 0.154. The van der Waals surface area contributed by atoms with Gasteiger partial charge in [0.25, 0.3) is 5.91 Å². The number of thiazole rings is 1. The molecule has 6 heteroatoms. The summed E-state index contributed by atoms with van der Waals surface area (Å²) in [5.74, 6) is -0.222. The highest BCUT2D eigenvalue weighted by atomic mass is 35.5. The second-order valence-electron chi connectivity index (χ2n) is 4.06. The largest absolute Gasteiger partial charge is 0.344 e. The van der Waals surface area contributed by atoms with E-state index in [9.17, 15) is 9.59 Å². The zero-order valence-corrected chi connectivity index (χ0v) is 12.0. The van der Waals surface area contributed by atoms with E-state index in [1.54, 1.807) is 38.4 Å². The Balaban J connectivity index is 2.46. The fourth-order valence-electron chi connectivity index (χ4n) is 1.48. The average Bonchev–Trinajstić information content (AvgIpc) is 2.82. The van der Waals surface area contributed by atoms with Gasteiger partial charge >= 0.3 is 0 Å². The topological polar surface area (TPSA) is 50.3 Å². The van der Waals surface area contributed by atoms with E-state index in [-0.39, 0.29) is 11.6 Å². The van der Waals surface area contributed by atoms with Crippen LogP contribution in [0, 0.1) is 0 Å². The van der Waals surface area contributed by atoms with E-state index in [1.165, 1.54) is 16.2 Å². The zero-order chi connectivity index (χ0) is 14.0. The third kappa shape index (κ3) is 2.83. The van der Waals surface area contributed by atoms with Gasteiger partial charge in [0.15, 0.2) is 6.29 Å². The van der Waals surface area contributed by atoms with Gasteiger partial charge in [-0.3, -0.25) is 9.59 Å². The summed E-state index contributed by atoms with van der Waals surface area (Å²) in [6.45, 7) is 0. The number of benzene rings is 1. The SMILES string of the molecule is CN(C)C(=O)c1sc(-c2ccc(Cl)cc2)nc1C=O. The first-order valence-electron chi connectivity index (χ1n) is 5.46. The number of aldehydes is 1. The molecule has 1 heterocycles. The number of carbonyl (C=O) groups is 2. The molecule has 0 unspecified atom stereocenters. The van der Waals surface area contributed by atoms with Gasteiger partial charge in [0.2, 0.25) is 0 Å². The maximum absolute atomic E-state index is 11.9. The number of nitrogens with zero attached hydrogens (tertiary/aromatic N) is 2. The monoisotopic (exact) mass is 294 g/mol. The molecule has 0 aliphatic heterocycles. The summed E-state index contributed by atoms with van der Waals surface area (Å²) >= 11 is 7.02. The summed E-state index contributed by atoms with van der Waals surface area (Å²) < 4.78 is 0. The highest BCUT2D eigenvalue weighted by molar-refractivity contribution is 7.17. The van der Waals surface area contributed by atoms with Crippen LogP contribution in [-0.4, -0.2) is 36.2 Å². The molecule has 0 aliphatic carbocycles. The summed E-state index contributed by atoms with van der Waals surface area (Å²) in [5, 5.41) is 1.25. The molecule has 0 aliphatic rings. The molecule has 0 N–H and O–H groups in total. The van der Waals surface area contributed by atoms with Crippen LogP contribution in [0.15, 0.2) is 24.3 Å².